The molecule has 0 amide bonds. The van der Waals surface area contributed by atoms with Gasteiger partial charge < -0.3 is 4.43 Å². The highest BCUT2D eigenvalue weighted by Crippen LogP contribution is 2.49. The van der Waals surface area contributed by atoms with Crippen LogP contribution in [0.4, 0.5) is 0 Å². The second kappa shape index (κ2) is 11.4. The summed E-state index contributed by atoms with van der Waals surface area (Å²) in [7, 11) is -1.86. The van der Waals surface area contributed by atoms with Crippen molar-refractivity contribution in [3.63, 3.8) is 0 Å². The Bertz CT molecular complexity index is 880. The van der Waals surface area contributed by atoms with Crippen LogP contribution in [0, 0.1) is 22.7 Å². The number of hydrogen-bond acceptors (Lipinski definition) is 1. The van der Waals surface area contributed by atoms with E-state index in [2.05, 4.69) is 107 Å². The van der Waals surface area contributed by atoms with Crippen molar-refractivity contribution in [1.82, 2.24) is 0 Å². The summed E-state index contributed by atoms with van der Waals surface area (Å²) in [5.74, 6) is 6.92. The lowest BCUT2D eigenvalue weighted by molar-refractivity contribution is 0.0694. The monoisotopic (exact) mass is 476 g/mol. The molecule has 0 heterocycles. The number of benzene rings is 1. The molecule has 2 aliphatic rings. The Balaban J connectivity index is 1.72. The SMILES string of the molecule is CC1(/C=C/C=C/[C@H](CC2(CC#Cc3ccccc3)CCC2)O[Si](C)(C)C(C)(C)C)CCCCC1. The molecule has 34 heavy (non-hydrogen) atoms. The molecule has 2 heteroatoms. The van der Waals surface area contributed by atoms with E-state index in [1.807, 2.05) is 0 Å². The molecular formula is C32H48OSi. The van der Waals surface area contributed by atoms with Gasteiger partial charge in [0.05, 0.1) is 6.10 Å². The second-order valence-electron chi connectivity index (χ2n) is 12.8. The van der Waals surface area contributed by atoms with Crippen molar-refractivity contribution in [3.05, 3.63) is 60.2 Å². The van der Waals surface area contributed by atoms with Crippen molar-refractivity contribution < 1.29 is 4.43 Å². The summed E-state index contributed by atoms with van der Waals surface area (Å²) in [6, 6.07) is 10.4. The van der Waals surface area contributed by atoms with E-state index >= 15 is 0 Å². The number of rotatable bonds is 8. The Hall–Kier alpha value is -1.56. The highest BCUT2D eigenvalue weighted by atomic mass is 28.4. The number of hydrogen-bond donors (Lipinski definition) is 0. The molecule has 1 aromatic rings. The van der Waals surface area contributed by atoms with Gasteiger partial charge in [0, 0.05) is 12.0 Å². The molecule has 0 radical (unpaired) electrons. The third-order valence-corrected chi connectivity index (χ3v) is 13.2. The van der Waals surface area contributed by atoms with Gasteiger partial charge in [-0.05, 0) is 73.2 Å². The summed E-state index contributed by atoms with van der Waals surface area (Å²) in [6.45, 7) is 14.2. The van der Waals surface area contributed by atoms with Gasteiger partial charge in [0.2, 0.25) is 0 Å². The second-order valence-corrected chi connectivity index (χ2v) is 17.5. The lowest BCUT2D eigenvalue weighted by atomic mass is 9.64. The first kappa shape index (κ1) is 27.0. The highest BCUT2D eigenvalue weighted by molar-refractivity contribution is 6.74. The molecule has 0 bridgehead atoms. The summed E-state index contributed by atoms with van der Waals surface area (Å²) in [6.07, 6.45) is 22.3. The predicted molar refractivity (Wildman–Crippen MR) is 150 cm³/mol. The summed E-state index contributed by atoms with van der Waals surface area (Å²) in [5, 5.41) is 0.213. The van der Waals surface area contributed by atoms with Crippen LogP contribution in [-0.2, 0) is 4.43 Å². The maximum absolute atomic E-state index is 6.99. The topological polar surface area (TPSA) is 9.23 Å². The first-order valence-electron chi connectivity index (χ1n) is 13.6. The molecule has 0 spiro atoms. The maximum Gasteiger partial charge on any atom is 0.192 e. The van der Waals surface area contributed by atoms with E-state index in [0.29, 0.717) is 10.8 Å². The van der Waals surface area contributed by atoms with E-state index in [0.717, 1.165) is 18.4 Å². The smallest absolute Gasteiger partial charge is 0.192 e. The fraction of sp³-hybridized carbons (Fsp3) is 0.625. The van der Waals surface area contributed by atoms with Crippen molar-refractivity contribution in [2.45, 2.75) is 116 Å². The molecule has 0 N–H and O–H groups in total. The van der Waals surface area contributed by atoms with Crippen LogP contribution in [0.5, 0.6) is 0 Å². The molecule has 0 saturated heterocycles. The van der Waals surface area contributed by atoms with Crippen LogP contribution in [-0.4, -0.2) is 14.4 Å². The minimum absolute atomic E-state index is 0.170. The van der Waals surface area contributed by atoms with Gasteiger partial charge in [-0.15, -0.1) is 0 Å². The van der Waals surface area contributed by atoms with Crippen molar-refractivity contribution >= 4 is 8.32 Å². The van der Waals surface area contributed by atoms with Gasteiger partial charge >= 0.3 is 0 Å². The van der Waals surface area contributed by atoms with E-state index in [4.69, 9.17) is 4.43 Å². The molecule has 2 saturated carbocycles. The molecule has 2 aliphatic carbocycles. The van der Waals surface area contributed by atoms with Crippen LogP contribution in [0.15, 0.2) is 54.6 Å². The number of allylic oxidation sites excluding steroid dienone is 3. The quantitative estimate of drug-likeness (QED) is 0.206. The van der Waals surface area contributed by atoms with E-state index in [-0.39, 0.29) is 11.1 Å². The van der Waals surface area contributed by atoms with Gasteiger partial charge in [0.25, 0.3) is 0 Å². The zero-order valence-electron chi connectivity index (χ0n) is 22.8. The predicted octanol–water partition coefficient (Wildman–Crippen LogP) is 9.46. The molecule has 186 valence electrons. The molecule has 3 rings (SSSR count). The van der Waals surface area contributed by atoms with Crippen LogP contribution in [0.25, 0.3) is 0 Å². The first-order valence-corrected chi connectivity index (χ1v) is 16.5. The fourth-order valence-corrected chi connectivity index (χ4v) is 6.39. The Morgan fingerprint density at radius 2 is 1.65 bits per heavy atom. The van der Waals surface area contributed by atoms with E-state index in [9.17, 15) is 0 Å². The van der Waals surface area contributed by atoms with Gasteiger partial charge in [-0.25, -0.2) is 0 Å². The van der Waals surface area contributed by atoms with Crippen LogP contribution >= 0.6 is 0 Å². The zero-order valence-corrected chi connectivity index (χ0v) is 23.8. The van der Waals surface area contributed by atoms with Gasteiger partial charge in [0.15, 0.2) is 8.32 Å². The Morgan fingerprint density at radius 3 is 2.24 bits per heavy atom. The van der Waals surface area contributed by atoms with Crippen LogP contribution in [0.1, 0.15) is 97.5 Å². The van der Waals surface area contributed by atoms with Gasteiger partial charge in [-0.2, -0.15) is 0 Å². The molecule has 1 nitrogen and oxygen atoms in total. The molecule has 0 aliphatic heterocycles. The Kier molecular flexibility index (Phi) is 9.10. The average Bonchev–Trinajstić information content (AvgIpc) is 2.75. The molecule has 1 atom stereocenters. The van der Waals surface area contributed by atoms with Crippen molar-refractivity contribution in [1.29, 1.82) is 0 Å². The largest absolute Gasteiger partial charge is 0.411 e. The molecule has 0 unspecified atom stereocenters. The van der Waals surface area contributed by atoms with E-state index in [1.165, 1.54) is 51.4 Å². The lowest BCUT2D eigenvalue weighted by Gasteiger charge is -2.45. The van der Waals surface area contributed by atoms with Crippen LogP contribution < -0.4 is 0 Å². The molecule has 2 fully saturated rings. The summed E-state index contributed by atoms with van der Waals surface area (Å²) in [5.41, 5.74) is 1.80. The summed E-state index contributed by atoms with van der Waals surface area (Å²) < 4.78 is 6.99. The van der Waals surface area contributed by atoms with Gasteiger partial charge in [0.1, 0.15) is 0 Å². The minimum atomic E-state index is -1.86. The fourth-order valence-electron chi connectivity index (χ4n) is 5.12. The molecular weight excluding hydrogens is 428 g/mol. The first-order chi connectivity index (χ1) is 16.0. The zero-order chi connectivity index (χ0) is 24.7. The highest BCUT2D eigenvalue weighted by Gasteiger charge is 2.42. The third-order valence-electron chi connectivity index (χ3n) is 8.70. The van der Waals surface area contributed by atoms with Gasteiger partial charge in [-0.3, -0.25) is 0 Å². The molecule has 1 aromatic carbocycles. The van der Waals surface area contributed by atoms with E-state index in [1.54, 1.807) is 0 Å². The minimum Gasteiger partial charge on any atom is -0.411 e. The summed E-state index contributed by atoms with van der Waals surface area (Å²) >= 11 is 0. The lowest BCUT2D eigenvalue weighted by Crippen LogP contribution is -2.45. The molecule has 0 aromatic heterocycles. The Morgan fingerprint density at radius 1 is 0.971 bits per heavy atom. The van der Waals surface area contributed by atoms with E-state index < -0.39 is 8.32 Å². The normalized spacial score (nSPS) is 21.1. The average molecular weight is 477 g/mol. The maximum atomic E-state index is 6.99. The summed E-state index contributed by atoms with van der Waals surface area (Å²) in [4.78, 5) is 0. The standard InChI is InChI=1S/C32H48OSi/c1-30(2,3)34(5,6)33-29(20-11-14-23-31(4)21-12-8-13-22-31)27-32(25-16-26-32)24-15-19-28-17-9-7-10-18-28/h7,9-11,14,17-18,20,23,29H,8,12-13,16,21-22,24-27H2,1-6H3/b20-11+,23-14+/t29-/m1/s1. The Labute approximate surface area is 211 Å². The third kappa shape index (κ3) is 7.72. The van der Waals surface area contributed by atoms with Crippen LogP contribution in [0.2, 0.25) is 18.1 Å². The van der Waals surface area contributed by atoms with Gasteiger partial charge in [-0.1, -0.05) is 108 Å². The van der Waals surface area contributed by atoms with Crippen molar-refractivity contribution in [3.8, 4) is 11.8 Å². The van der Waals surface area contributed by atoms with Crippen LogP contribution in [0.3, 0.4) is 0 Å². The van der Waals surface area contributed by atoms with Crippen molar-refractivity contribution in [2.75, 3.05) is 0 Å². The van der Waals surface area contributed by atoms with Crippen molar-refractivity contribution in [2.24, 2.45) is 10.8 Å².